The van der Waals surface area contributed by atoms with E-state index in [0.717, 1.165) is 21.1 Å². The molecule has 0 fully saturated rings. The molecular weight excluding hydrogens is 286 g/mol. The average molecular weight is 307 g/mol. The van der Waals surface area contributed by atoms with Gasteiger partial charge < -0.3 is 14.6 Å². The van der Waals surface area contributed by atoms with Crippen LogP contribution in [-0.2, 0) is 5.60 Å². The second-order valence-corrected chi connectivity index (χ2v) is 6.26. The molecule has 0 spiro atoms. The van der Waals surface area contributed by atoms with Crippen LogP contribution in [0.25, 0.3) is 10.6 Å². The Morgan fingerprint density at radius 1 is 1.33 bits per heavy atom. The highest BCUT2D eigenvalue weighted by Crippen LogP contribution is 2.42. The van der Waals surface area contributed by atoms with Gasteiger partial charge in [0, 0.05) is 0 Å². The molecule has 0 aliphatic heterocycles. The number of aryl methyl sites for hydroxylation is 1. The summed E-state index contributed by atoms with van der Waals surface area (Å²) in [6.45, 7) is 7.94. The molecule has 114 valence electrons. The summed E-state index contributed by atoms with van der Waals surface area (Å²) in [5.41, 5.74) is 0.831. The molecule has 0 aliphatic carbocycles. The normalized spacial score (nSPS) is 11.5. The molecule has 21 heavy (non-hydrogen) atoms. The number of benzene rings is 1. The van der Waals surface area contributed by atoms with E-state index in [-0.39, 0.29) is 0 Å². The predicted octanol–water partition coefficient (Wildman–Crippen LogP) is 3.75. The van der Waals surface area contributed by atoms with Crippen molar-refractivity contribution in [1.29, 1.82) is 0 Å². The van der Waals surface area contributed by atoms with Crippen molar-refractivity contribution in [2.75, 3.05) is 13.7 Å². The SMILES string of the molecule is CCOc1c(OC)cccc1-c1nc(C)c(C(C)(C)O)s1. The molecule has 2 rings (SSSR count). The first-order chi connectivity index (χ1) is 9.88. The first kappa shape index (κ1) is 15.8. The minimum absolute atomic E-state index is 0.552. The molecule has 0 unspecified atom stereocenters. The van der Waals surface area contributed by atoms with Crippen molar-refractivity contribution in [3.8, 4) is 22.1 Å². The van der Waals surface area contributed by atoms with Gasteiger partial charge in [0.05, 0.1) is 35.5 Å². The third-order valence-electron chi connectivity index (χ3n) is 3.07. The van der Waals surface area contributed by atoms with E-state index in [1.807, 2.05) is 32.0 Å². The minimum Gasteiger partial charge on any atom is -0.493 e. The molecule has 0 bridgehead atoms. The number of hydrogen-bond donors (Lipinski definition) is 1. The van der Waals surface area contributed by atoms with Gasteiger partial charge in [-0.15, -0.1) is 11.3 Å². The van der Waals surface area contributed by atoms with Crippen molar-refractivity contribution >= 4 is 11.3 Å². The first-order valence-corrected chi connectivity index (χ1v) is 7.70. The number of rotatable bonds is 5. The molecule has 0 atom stereocenters. The summed E-state index contributed by atoms with van der Waals surface area (Å²) in [6.07, 6.45) is 0. The van der Waals surface area contributed by atoms with Crippen LogP contribution in [0.15, 0.2) is 18.2 Å². The summed E-state index contributed by atoms with van der Waals surface area (Å²) in [4.78, 5) is 5.45. The Labute approximate surface area is 129 Å². The summed E-state index contributed by atoms with van der Waals surface area (Å²) in [5, 5.41) is 11.0. The van der Waals surface area contributed by atoms with Crippen molar-refractivity contribution in [1.82, 2.24) is 4.98 Å². The second kappa shape index (κ2) is 6.03. The molecule has 2 aromatic rings. The molecule has 1 aromatic heterocycles. The fourth-order valence-electron chi connectivity index (χ4n) is 2.22. The molecule has 0 amide bonds. The van der Waals surface area contributed by atoms with Crippen molar-refractivity contribution in [2.24, 2.45) is 0 Å². The monoisotopic (exact) mass is 307 g/mol. The van der Waals surface area contributed by atoms with Gasteiger partial charge in [-0.05, 0) is 39.8 Å². The first-order valence-electron chi connectivity index (χ1n) is 6.89. The fourth-order valence-corrected chi connectivity index (χ4v) is 3.31. The van der Waals surface area contributed by atoms with Crippen molar-refractivity contribution in [3.05, 3.63) is 28.8 Å². The largest absolute Gasteiger partial charge is 0.493 e. The number of nitrogens with zero attached hydrogens (tertiary/aromatic N) is 1. The molecule has 1 heterocycles. The van der Waals surface area contributed by atoms with Crippen LogP contribution in [0.1, 0.15) is 31.3 Å². The predicted molar refractivity (Wildman–Crippen MR) is 85.3 cm³/mol. The highest BCUT2D eigenvalue weighted by atomic mass is 32.1. The van der Waals surface area contributed by atoms with Crippen LogP contribution in [0.2, 0.25) is 0 Å². The molecule has 0 aliphatic rings. The van der Waals surface area contributed by atoms with Gasteiger partial charge in [0.1, 0.15) is 5.01 Å². The van der Waals surface area contributed by atoms with Gasteiger partial charge in [0.2, 0.25) is 0 Å². The van der Waals surface area contributed by atoms with E-state index in [1.54, 1.807) is 21.0 Å². The maximum atomic E-state index is 10.2. The van der Waals surface area contributed by atoms with E-state index in [1.165, 1.54) is 11.3 Å². The van der Waals surface area contributed by atoms with E-state index in [4.69, 9.17) is 9.47 Å². The minimum atomic E-state index is -0.898. The van der Waals surface area contributed by atoms with E-state index in [9.17, 15) is 5.11 Å². The Bertz CT molecular complexity index is 629. The quantitative estimate of drug-likeness (QED) is 0.914. The summed E-state index contributed by atoms with van der Waals surface area (Å²) in [6, 6.07) is 5.74. The van der Waals surface area contributed by atoms with Gasteiger partial charge in [-0.25, -0.2) is 4.98 Å². The maximum Gasteiger partial charge on any atom is 0.171 e. The second-order valence-electron chi connectivity index (χ2n) is 5.26. The zero-order valence-electron chi connectivity index (χ0n) is 13.1. The van der Waals surface area contributed by atoms with E-state index in [0.29, 0.717) is 18.1 Å². The average Bonchev–Trinajstić information content (AvgIpc) is 2.81. The van der Waals surface area contributed by atoms with E-state index in [2.05, 4.69) is 4.98 Å². The number of ether oxygens (including phenoxy) is 2. The fraction of sp³-hybridized carbons (Fsp3) is 0.438. The van der Waals surface area contributed by atoms with Gasteiger partial charge in [-0.2, -0.15) is 0 Å². The van der Waals surface area contributed by atoms with Crippen LogP contribution >= 0.6 is 11.3 Å². The highest BCUT2D eigenvalue weighted by molar-refractivity contribution is 7.15. The lowest BCUT2D eigenvalue weighted by atomic mass is 10.1. The lowest BCUT2D eigenvalue weighted by molar-refractivity contribution is 0.0817. The molecule has 4 nitrogen and oxygen atoms in total. The summed E-state index contributed by atoms with van der Waals surface area (Å²) in [5.74, 6) is 1.38. The van der Waals surface area contributed by atoms with Crippen LogP contribution in [0, 0.1) is 6.92 Å². The Morgan fingerprint density at radius 3 is 2.57 bits per heavy atom. The summed E-state index contributed by atoms with van der Waals surface area (Å²) < 4.78 is 11.1. The smallest absolute Gasteiger partial charge is 0.171 e. The molecular formula is C16H21NO3S. The number of para-hydroxylation sites is 1. The topological polar surface area (TPSA) is 51.6 Å². The van der Waals surface area contributed by atoms with Crippen LogP contribution < -0.4 is 9.47 Å². The van der Waals surface area contributed by atoms with Crippen LogP contribution in [0.3, 0.4) is 0 Å². The molecule has 0 saturated carbocycles. The molecule has 1 aromatic carbocycles. The molecule has 1 N–H and O–H groups in total. The van der Waals surface area contributed by atoms with Crippen molar-refractivity contribution in [3.63, 3.8) is 0 Å². The zero-order valence-corrected chi connectivity index (χ0v) is 13.9. The zero-order chi connectivity index (χ0) is 15.6. The standard InChI is InChI=1S/C16H21NO3S/c1-6-20-13-11(8-7-9-12(13)19-5)15-17-10(2)14(21-15)16(3,4)18/h7-9,18H,6H2,1-5H3. The van der Waals surface area contributed by atoms with E-state index >= 15 is 0 Å². The van der Waals surface area contributed by atoms with Gasteiger partial charge in [-0.1, -0.05) is 6.07 Å². The third kappa shape index (κ3) is 3.19. The number of methoxy groups -OCH3 is 1. The number of aliphatic hydroxyl groups is 1. The van der Waals surface area contributed by atoms with Crippen molar-refractivity contribution < 1.29 is 14.6 Å². The van der Waals surface area contributed by atoms with Crippen LogP contribution in [-0.4, -0.2) is 23.8 Å². The Morgan fingerprint density at radius 2 is 2.05 bits per heavy atom. The summed E-state index contributed by atoms with van der Waals surface area (Å²) >= 11 is 1.48. The Balaban J connectivity index is 2.57. The van der Waals surface area contributed by atoms with E-state index < -0.39 is 5.60 Å². The van der Waals surface area contributed by atoms with Gasteiger partial charge >= 0.3 is 0 Å². The highest BCUT2D eigenvalue weighted by Gasteiger charge is 2.25. The number of hydrogen-bond acceptors (Lipinski definition) is 5. The maximum absolute atomic E-state index is 10.2. The molecule has 0 saturated heterocycles. The third-order valence-corrected chi connectivity index (χ3v) is 4.57. The number of aromatic nitrogens is 1. The lowest BCUT2D eigenvalue weighted by Gasteiger charge is -2.15. The van der Waals surface area contributed by atoms with Gasteiger partial charge in [0.15, 0.2) is 11.5 Å². The Hall–Kier alpha value is -1.59. The summed E-state index contributed by atoms with van der Waals surface area (Å²) in [7, 11) is 1.62. The lowest BCUT2D eigenvalue weighted by Crippen LogP contribution is -2.14. The van der Waals surface area contributed by atoms with Crippen LogP contribution in [0.5, 0.6) is 11.5 Å². The van der Waals surface area contributed by atoms with Gasteiger partial charge in [0.25, 0.3) is 0 Å². The Kier molecular flexibility index (Phi) is 4.54. The van der Waals surface area contributed by atoms with Gasteiger partial charge in [-0.3, -0.25) is 0 Å². The molecule has 5 heteroatoms. The van der Waals surface area contributed by atoms with Crippen LogP contribution in [0.4, 0.5) is 0 Å². The molecule has 0 radical (unpaired) electrons. The number of thiazole rings is 1. The van der Waals surface area contributed by atoms with Crippen molar-refractivity contribution in [2.45, 2.75) is 33.3 Å².